The van der Waals surface area contributed by atoms with Gasteiger partial charge in [-0.3, -0.25) is 9.59 Å². The van der Waals surface area contributed by atoms with Gasteiger partial charge in [0.05, 0.1) is 28.1 Å². The third kappa shape index (κ3) is 2.90. The van der Waals surface area contributed by atoms with E-state index in [1.165, 1.54) is 0 Å². The molecule has 8 rings (SSSR count). The van der Waals surface area contributed by atoms with Gasteiger partial charge >= 0.3 is 0 Å². The lowest BCUT2D eigenvalue weighted by atomic mass is 9.63. The Morgan fingerprint density at radius 1 is 0.941 bits per heavy atom. The summed E-state index contributed by atoms with van der Waals surface area (Å²) in [6.07, 6.45) is 9.15. The summed E-state index contributed by atoms with van der Waals surface area (Å²) >= 11 is 12.3. The summed E-state index contributed by atoms with van der Waals surface area (Å²) in [6, 6.07) is 13.6. The average Bonchev–Trinajstić information content (AvgIpc) is 3.55. The Bertz CT molecular complexity index is 1400. The molecule has 4 aliphatic carbocycles. The predicted octanol–water partition coefficient (Wildman–Crippen LogP) is 5.38. The van der Waals surface area contributed by atoms with Gasteiger partial charge in [-0.1, -0.05) is 59.6 Å². The van der Waals surface area contributed by atoms with Crippen molar-refractivity contribution in [1.82, 2.24) is 9.58 Å². The molecule has 0 radical (unpaired) electrons. The molecule has 7 heteroatoms. The van der Waals surface area contributed by atoms with Gasteiger partial charge in [-0.05, 0) is 53.9 Å². The van der Waals surface area contributed by atoms with Crippen molar-refractivity contribution in [3.05, 3.63) is 82.0 Å². The van der Waals surface area contributed by atoms with Crippen LogP contribution in [0.4, 0.5) is 0 Å². The number of imide groups is 1. The molecule has 3 aromatic rings. The maximum Gasteiger partial charge on any atom is 0.254 e. The first-order valence-electron chi connectivity index (χ1n) is 11.6. The number of rotatable bonds is 4. The fraction of sp³-hybridized carbons (Fsp3) is 0.296. The van der Waals surface area contributed by atoms with E-state index in [2.05, 4.69) is 21.8 Å². The molecule has 1 saturated heterocycles. The van der Waals surface area contributed by atoms with Crippen LogP contribution in [0.15, 0.2) is 65.9 Å². The maximum atomic E-state index is 13.2. The van der Waals surface area contributed by atoms with E-state index in [-0.39, 0.29) is 35.5 Å². The molecule has 3 fully saturated rings. The molecule has 2 saturated carbocycles. The summed E-state index contributed by atoms with van der Waals surface area (Å²) in [7, 11) is 0. The molecule has 0 spiro atoms. The standard InChI is InChI=1S/C27H21Cl2N3O2/c28-21-8-5-14(9-22(21)29)12-31-13-15(16-3-1-2-4-23(16)31)11-30-32-26(33)24-17-6-7-18(20-10-19(17)20)25(24)27(32)34/h1-9,11,13,17-20,24-25H,10,12H2/b30-11+/t17-,18-,19-,20-,24-,25+/m1/s1. The minimum Gasteiger partial charge on any atom is -0.342 e. The van der Waals surface area contributed by atoms with Crippen molar-refractivity contribution in [2.24, 2.45) is 40.6 Å². The third-order valence-electron chi connectivity index (χ3n) is 8.11. The quantitative estimate of drug-likeness (QED) is 0.280. The minimum atomic E-state index is -0.237. The van der Waals surface area contributed by atoms with Gasteiger partial charge in [-0.2, -0.15) is 10.1 Å². The molecule has 2 aromatic carbocycles. The topological polar surface area (TPSA) is 54.7 Å². The Hall–Kier alpha value is -2.89. The van der Waals surface area contributed by atoms with Crippen molar-refractivity contribution in [3.63, 3.8) is 0 Å². The highest BCUT2D eigenvalue weighted by Gasteiger charge is 2.67. The summed E-state index contributed by atoms with van der Waals surface area (Å²) < 4.78 is 2.11. The van der Waals surface area contributed by atoms with Gasteiger partial charge in [-0.25, -0.2) is 0 Å². The van der Waals surface area contributed by atoms with E-state index in [4.69, 9.17) is 23.2 Å². The summed E-state index contributed by atoms with van der Waals surface area (Å²) in [4.78, 5) is 26.4. The van der Waals surface area contributed by atoms with Gasteiger partial charge in [0.1, 0.15) is 0 Å². The highest BCUT2D eigenvalue weighted by Crippen LogP contribution is 2.65. The first-order chi connectivity index (χ1) is 16.5. The lowest BCUT2D eigenvalue weighted by Gasteiger charge is -2.37. The predicted molar refractivity (Wildman–Crippen MR) is 132 cm³/mol. The molecule has 5 aliphatic rings. The summed E-state index contributed by atoms with van der Waals surface area (Å²) in [5.41, 5.74) is 2.91. The summed E-state index contributed by atoms with van der Waals surface area (Å²) in [5, 5.41) is 7.63. The van der Waals surface area contributed by atoms with E-state index < -0.39 is 0 Å². The van der Waals surface area contributed by atoms with Crippen LogP contribution in [0.5, 0.6) is 0 Å². The van der Waals surface area contributed by atoms with E-state index >= 15 is 0 Å². The van der Waals surface area contributed by atoms with Gasteiger partial charge in [0.15, 0.2) is 0 Å². The van der Waals surface area contributed by atoms with Crippen molar-refractivity contribution >= 4 is 52.1 Å². The molecule has 6 atom stereocenters. The Morgan fingerprint density at radius 2 is 1.65 bits per heavy atom. The lowest BCUT2D eigenvalue weighted by molar-refractivity contribution is -0.140. The minimum absolute atomic E-state index is 0.143. The zero-order chi connectivity index (χ0) is 23.1. The fourth-order valence-corrected chi connectivity index (χ4v) is 6.84. The van der Waals surface area contributed by atoms with Crippen molar-refractivity contribution < 1.29 is 9.59 Å². The smallest absolute Gasteiger partial charge is 0.254 e. The Morgan fingerprint density at radius 3 is 2.35 bits per heavy atom. The number of fused-ring (bicyclic) bond motifs is 1. The molecule has 34 heavy (non-hydrogen) atoms. The van der Waals surface area contributed by atoms with Crippen LogP contribution >= 0.6 is 23.2 Å². The van der Waals surface area contributed by atoms with E-state index in [9.17, 15) is 9.59 Å². The van der Waals surface area contributed by atoms with E-state index in [0.29, 0.717) is 28.4 Å². The van der Waals surface area contributed by atoms with Crippen LogP contribution in [0.2, 0.25) is 10.0 Å². The van der Waals surface area contributed by atoms with Crippen LogP contribution in [-0.4, -0.2) is 27.6 Å². The molecular formula is C27H21Cl2N3O2. The van der Waals surface area contributed by atoms with Crippen molar-refractivity contribution in [3.8, 4) is 0 Å². The van der Waals surface area contributed by atoms with Crippen LogP contribution in [-0.2, 0) is 16.1 Å². The molecule has 0 N–H and O–H groups in total. The van der Waals surface area contributed by atoms with Crippen molar-refractivity contribution in [2.45, 2.75) is 13.0 Å². The number of halogens is 2. The lowest BCUT2D eigenvalue weighted by Crippen LogP contribution is -2.40. The average molecular weight is 490 g/mol. The van der Waals surface area contributed by atoms with Crippen molar-refractivity contribution in [1.29, 1.82) is 0 Å². The fourth-order valence-electron chi connectivity index (χ4n) is 6.52. The number of carbonyl (C=O) groups excluding carboxylic acids is 2. The number of para-hydroxylation sites is 1. The zero-order valence-electron chi connectivity index (χ0n) is 18.1. The number of amides is 2. The van der Waals surface area contributed by atoms with Gasteiger partial charge < -0.3 is 4.57 Å². The highest BCUT2D eigenvalue weighted by atomic mass is 35.5. The molecular weight excluding hydrogens is 469 g/mol. The maximum absolute atomic E-state index is 13.2. The molecule has 2 heterocycles. The first kappa shape index (κ1) is 20.5. The molecule has 1 aliphatic heterocycles. The number of allylic oxidation sites excluding steroid dienone is 2. The Balaban J connectivity index is 1.20. The van der Waals surface area contributed by atoms with Gasteiger partial charge in [-0.15, -0.1) is 0 Å². The van der Waals surface area contributed by atoms with E-state index in [0.717, 1.165) is 33.5 Å². The summed E-state index contributed by atoms with van der Waals surface area (Å²) in [6.45, 7) is 0.606. The Kier molecular flexibility index (Phi) is 4.40. The van der Waals surface area contributed by atoms with Crippen LogP contribution < -0.4 is 0 Å². The second-order valence-corrected chi connectivity index (χ2v) is 10.7. The zero-order valence-corrected chi connectivity index (χ0v) is 19.7. The van der Waals surface area contributed by atoms with Gasteiger partial charge in [0.2, 0.25) is 0 Å². The van der Waals surface area contributed by atoms with Crippen molar-refractivity contribution in [2.75, 3.05) is 0 Å². The summed E-state index contributed by atoms with van der Waals surface area (Å²) in [5.74, 6) is 0.798. The largest absolute Gasteiger partial charge is 0.342 e. The Labute approximate surface area is 206 Å². The molecule has 2 amide bonds. The highest BCUT2D eigenvalue weighted by molar-refractivity contribution is 6.42. The number of nitrogens with zero attached hydrogens (tertiary/aromatic N) is 3. The molecule has 170 valence electrons. The van der Waals surface area contributed by atoms with Gasteiger partial charge in [0, 0.05) is 29.2 Å². The van der Waals surface area contributed by atoms with Crippen LogP contribution in [0.1, 0.15) is 17.5 Å². The number of hydrazone groups is 1. The van der Waals surface area contributed by atoms with Crippen LogP contribution in [0.25, 0.3) is 10.9 Å². The molecule has 0 unspecified atom stereocenters. The molecule has 5 nitrogen and oxygen atoms in total. The van der Waals surface area contributed by atoms with E-state index in [1.54, 1.807) is 12.3 Å². The number of hydrogen-bond acceptors (Lipinski definition) is 3. The second-order valence-electron chi connectivity index (χ2n) is 9.87. The number of carbonyl (C=O) groups is 2. The van der Waals surface area contributed by atoms with Gasteiger partial charge in [0.25, 0.3) is 11.8 Å². The number of benzene rings is 2. The second kappa shape index (κ2) is 7.30. The molecule has 2 bridgehead atoms. The molecule has 1 aromatic heterocycles. The number of aromatic nitrogens is 1. The third-order valence-corrected chi connectivity index (χ3v) is 8.85. The first-order valence-corrected chi connectivity index (χ1v) is 12.4. The normalized spacial score (nSPS) is 31.1. The van der Waals surface area contributed by atoms with Crippen LogP contribution in [0.3, 0.4) is 0 Å². The van der Waals surface area contributed by atoms with E-state index in [1.807, 2.05) is 42.6 Å². The number of hydrogen-bond donors (Lipinski definition) is 0. The van der Waals surface area contributed by atoms with Crippen LogP contribution in [0, 0.1) is 35.5 Å². The monoisotopic (exact) mass is 489 g/mol. The SMILES string of the molecule is O=C1[C@@H]2[C@@H]3C=C[C@H]([C@H]4C[C@H]34)[C@@H]2C(=O)N1/N=C/c1cn(Cc2ccc(Cl)c(Cl)c2)c2ccccc12.